The summed E-state index contributed by atoms with van der Waals surface area (Å²) in [4.78, 5) is 12.5. The molecular formula is C12H14O3S. The molecule has 0 fully saturated rings. The number of aliphatic hydroxyl groups is 1. The number of methoxy groups -OCH3 is 1. The summed E-state index contributed by atoms with van der Waals surface area (Å²) in [6.45, 7) is 2.94. The van der Waals surface area contributed by atoms with Gasteiger partial charge in [-0.1, -0.05) is 11.8 Å². The van der Waals surface area contributed by atoms with Crippen LogP contribution in [0.4, 0.5) is 0 Å². The van der Waals surface area contributed by atoms with E-state index in [4.69, 9.17) is 4.74 Å². The molecule has 0 aliphatic carbocycles. The molecule has 0 radical (unpaired) electrons. The first-order valence-corrected chi connectivity index (χ1v) is 5.59. The summed E-state index contributed by atoms with van der Waals surface area (Å²) in [6, 6.07) is 7.31. The molecule has 0 aromatic heterocycles. The fourth-order valence-electron chi connectivity index (χ4n) is 1.16. The van der Waals surface area contributed by atoms with E-state index in [1.165, 1.54) is 25.6 Å². The van der Waals surface area contributed by atoms with E-state index < -0.39 is 0 Å². The monoisotopic (exact) mass is 238 g/mol. The molecule has 0 bridgehead atoms. The molecule has 1 aromatic rings. The van der Waals surface area contributed by atoms with E-state index in [1.807, 2.05) is 24.3 Å². The van der Waals surface area contributed by atoms with Crippen molar-refractivity contribution in [2.45, 2.75) is 18.7 Å². The smallest absolute Gasteiger partial charge is 0.169 e. The van der Waals surface area contributed by atoms with Gasteiger partial charge in [0.2, 0.25) is 0 Å². The first-order valence-electron chi connectivity index (χ1n) is 4.77. The molecule has 1 N–H and O–H groups in total. The Morgan fingerprint density at radius 1 is 1.25 bits per heavy atom. The van der Waals surface area contributed by atoms with Gasteiger partial charge in [0, 0.05) is 4.90 Å². The number of rotatable bonds is 4. The van der Waals surface area contributed by atoms with E-state index in [1.54, 1.807) is 7.11 Å². The van der Waals surface area contributed by atoms with E-state index in [0.29, 0.717) is 4.91 Å². The Balaban J connectivity index is 2.87. The number of carbonyl (C=O) groups is 1. The summed E-state index contributed by atoms with van der Waals surface area (Å²) in [5.41, 5.74) is 0. The van der Waals surface area contributed by atoms with Crippen LogP contribution in [0.1, 0.15) is 13.8 Å². The van der Waals surface area contributed by atoms with Crippen molar-refractivity contribution in [2.24, 2.45) is 0 Å². The number of benzene rings is 1. The van der Waals surface area contributed by atoms with Crippen molar-refractivity contribution in [2.75, 3.05) is 7.11 Å². The predicted molar refractivity (Wildman–Crippen MR) is 64.9 cm³/mol. The number of ketones is 1. The van der Waals surface area contributed by atoms with Crippen LogP contribution in [0.5, 0.6) is 5.75 Å². The average molecular weight is 238 g/mol. The number of hydrogen-bond donors (Lipinski definition) is 1. The SMILES string of the molecule is COc1ccc(SC(C(C)=O)=C(C)O)cc1. The molecule has 1 rings (SSSR count). The van der Waals surface area contributed by atoms with Gasteiger partial charge in [0.15, 0.2) is 5.78 Å². The molecule has 0 heterocycles. The predicted octanol–water partition coefficient (Wildman–Crippen LogP) is 3.17. The van der Waals surface area contributed by atoms with Gasteiger partial charge in [-0.25, -0.2) is 0 Å². The highest BCUT2D eigenvalue weighted by Crippen LogP contribution is 2.30. The van der Waals surface area contributed by atoms with Gasteiger partial charge in [0.1, 0.15) is 11.5 Å². The Morgan fingerprint density at radius 2 is 1.81 bits per heavy atom. The maximum absolute atomic E-state index is 11.2. The highest BCUT2D eigenvalue weighted by Gasteiger charge is 2.10. The Labute approximate surface area is 99.1 Å². The topological polar surface area (TPSA) is 46.5 Å². The third-order valence-corrected chi connectivity index (χ3v) is 3.22. The number of allylic oxidation sites excluding steroid dienone is 2. The molecule has 3 nitrogen and oxygen atoms in total. The zero-order valence-corrected chi connectivity index (χ0v) is 10.3. The number of carbonyl (C=O) groups excluding carboxylic acids is 1. The van der Waals surface area contributed by atoms with Crippen molar-refractivity contribution in [3.8, 4) is 5.75 Å². The summed E-state index contributed by atoms with van der Waals surface area (Å²) < 4.78 is 5.03. The van der Waals surface area contributed by atoms with Gasteiger partial charge in [-0.3, -0.25) is 4.79 Å². The molecule has 1 aromatic carbocycles. The van der Waals surface area contributed by atoms with Crippen LogP contribution in [-0.4, -0.2) is 18.0 Å². The number of hydrogen-bond acceptors (Lipinski definition) is 4. The molecule has 86 valence electrons. The lowest BCUT2D eigenvalue weighted by Crippen LogP contribution is -1.95. The van der Waals surface area contributed by atoms with Gasteiger partial charge >= 0.3 is 0 Å². The van der Waals surface area contributed by atoms with Crippen molar-refractivity contribution in [3.63, 3.8) is 0 Å². The lowest BCUT2D eigenvalue weighted by atomic mass is 10.3. The van der Waals surface area contributed by atoms with Crippen LogP contribution in [-0.2, 0) is 4.79 Å². The van der Waals surface area contributed by atoms with Crippen molar-refractivity contribution in [1.82, 2.24) is 0 Å². The van der Waals surface area contributed by atoms with Crippen molar-refractivity contribution < 1.29 is 14.6 Å². The Morgan fingerprint density at radius 3 is 2.19 bits per heavy atom. The number of ether oxygens (including phenoxy) is 1. The molecule has 0 aliphatic heterocycles. The van der Waals surface area contributed by atoms with Crippen LogP contribution >= 0.6 is 11.8 Å². The molecule has 16 heavy (non-hydrogen) atoms. The molecule has 0 aliphatic rings. The lowest BCUT2D eigenvalue weighted by molar-refractivity contribution is -0.113. The standard InChI is InChI=1S/C12H14O3S/c1-8(13)12(9(2)14)16-11-6-4-10(15-3)5-7-11/h4-7,13H,1-3H3. The second-order valence-corrected chi connectivity index (χ2v) is 4.33. The second kappa shape index (κ2) is 5.61. The lowest BCUT2D eigenvalue weighted by Gasteiger charge is -2.05. The van der Waals surface area contributed by atoms with Gasteiger partial charge in [0.05, 0.1) is 12.0 Å². The van der Waals surface area contributed by atoms with Crippen LogP contribution in [0.15, 0.2) is 39.8 Å². The van der Waals surface area contributed by atoms with Crippen molar-refractivity contribution >= 4 is 17.5 Å². The fraction of sp³-hybridized carbons (Fsp3) is 0.250. The minimum atomic E-state index is -0.138. The molecule has 0 saturated carbocycles. The third kappa shape index (κ3) is 3.31. The van der Waals surface area contributed by atoms with Crippen LogP contribution < -0.4 is 4.74 Å². The third-order valence-electron chi connectivity index (χ3n) is 1.93. The first-order chi connectivity index (χ1) is 7.54. The first kappa shape index (κ1) is 12.6. The Hall–Kier alpha value is -1.42. The van der Waals surface area contributed by atoms with E-state index in [-0.39, 0.29) is 11.5 Å². The zero-order valence-electron chi connectivity index (χ0n) is 9.48. The molecule has 0 amide bonds. The molecule has 0 saturated heterocycles. The van der Waals surface area contributed by atoms with Crippen LogP contribution in [0.25, 0.3) is 0 Å². The highest BCUT2D eigenvalue weighted by molar-refractivity contribution is 8.04. The Bertz CT molecular complexity index is 403. The van der Waals surface area contributed by atoms with Crippen LogP contribution in [0.3, 0.4) is 0 Å². The number of aliphatic hydroxyl groups excluding tert-OH is 1. The van der Waals surface area contributed by atoms with E-state index >= 15 is 0 Å². The molecular weight excluding hydrogens is 224 g/mol. The number of Topliss-reactive ketones (excluding diaryl/α,β-unsaturated/α-hetero) is 1. The van der Waals surface area contributed by atoms with Gasteiger partial charge in [-0.2, -0.15) is 0 Å². The minimum absolute atomic E-state index is 0.0494. The van der Waals surface area contributed by atoms with Gasteiger partial charge in [-0.15, -0.1) is 0 Å². The van der Waals surface area contributed by atoms with Crippen molar-refractivity contribution in [1.29, 1.82) is 0 Å². The largest absolute Gasteiger partial charge is 0.511 e. The van der Waals surface area contributed by atoms with E-state index in [9.17, 15) is 9.90 Å². The second-order valence-electron chi connectivity index (χ2n) is 3.25. The maximum atomic E-state index is 11.2. The average Bonchev–Trinajstić information content (AvgIpc) is 2.25. The zero-order chi connectivity index (χ0) is 12.1. The number of thioether (sulfide) groups is 1. The normalized spacial score (nSPS) is 11.9. The summed E-state index contributed by atoms with van der Waals surface area (Å²) in [7, 11) is 1.60. The van der Waals surface area contributed by atoms with Gasteiger partial charge in [-0.05, 0) is 38.1 Å². The molecule has 0 unspecified atom stereocenters. The molecule has 4 heteroatoms. The summed E-state index contributed by atoms with van der Waals surface area (Å²) in [5, 5.41) is 9.36. The molecule has 0 atom stereocenters. The minimum Gasteiger partial charge on any atom is -0.511 e. The summed E-state index contributed by atoms with van der Waals surface area (Å²) >= 11 is 1.25. The fourth-order valence-corrected chi connectivity index (χ4v) is 1.96. The Kier molecular flexibility index (Phi) is 4.43. The maximum Gasteiger partial charge on any atom is 0.169 e. The highest BCUT2D eigenvalue weighted by atomic mass is 32.2. The van der Waals surface area contributed by atoms with Crippen LogP contribution in [0.2, 0.25) is 0 Å². The van der Waals surface area contributed by atoms with Gasteiger partial charge in [0.25, 0.3) is 0 Å². The van der Waals surface area contributed by atoms with E-state index in [2.05, 4.69) is 0 Å². The van der Waals surface area contributed by atoms with Crippen molar-refractivity contribution in [3.05, 3.63) is 34.9 Å². The van der Waals surface area contributed by atoms with Gasteiger partial charge < -0.3 is 9.84 Å². The summed E-state index contributed by atoms with van der Waals surface area (Å²) in [5.74, 6) is 0.674. The quantitative estimate of drug-likeness (QED) is 0.497. The summed E-state index contributed by atoms with van der Waals surface area (Å²) in [6.07, 6.45) is 0. The van der Waals surface area contributed by atoms with E-state index in [0.717, 1.165) is 10.6 Å². The molecule has 0 spiro atoms. The van der Waals surface area contributed by atoms with Crippen LogP contribution in [0, 0.1) is 0 Å².